The second-order valence-electron chi connectivity index (χ2n) is 8.38. The van der Waals surface area contributed by atoms with Gasteiger partial charge < -0.3 is 24.5 Å². The molecule has 4 rings (SSSR count). The van der Waals surface area contributed by atoms with Gasteiger partial charge in [0.25, 0.3) is 0 Å². The van der Waals surface area contributed by atoms with Crippen LogP contribution in [0.1, 0.15) is 45.9 Å². The maximum absolute atomic E-state index is 6.12. The Labute approximate surface area is 166 Å². The summed E-state index contributed by atoms with van der Waals surface area (Å²) in [5, 5.41) is 8.14. The molecule has 28 heavy (non-hydrogen) atoms. The molecule has 6 nitrogen and oxygen atoms in total. The maximum atomic E-state index is 6.12. The SMILES string of the molecule is CCOc1cccc2cc(C(C)NC(=NC)NC3C4CCOC4C3(C)C)oc12. The van der Waals surface area contributed by atoms with Crippen LogP contribution in [0.4, 0.5) is 0 Å². The molecule has 1 aromatic carbocycles. The fourth-order valence-corrected chi connectivity index (χ4v) is 4.75. The predicted octanol–water partition coefficient (Wildman–Crippen LogP) is 3.87. The molecular weight excluding hydrogens is 354 g/mol. The monoisotopic (exact) mass is 385 g/mol. The quantitative estimate of drug-likeness (QED) is 0.604. The molecule has 0 amide bonds. The lowest BCUT2D eigenvalue weighted by atomic mass is 9.57. The topological polar surface area (TPSA) is 68.0 Å². The van der Waals surface area contributed by atoms with Crippen LogP contribution in [0, 0.1) is 11.3 Å². The molecule has 1 aliphatic heterocycles. The van der Waals surface area contributed by atoms with E-state index < -0.39 is 0 Å². The first-order valence-corrected chi connectivity index (χ1v) is 10.2. The lowest BCUT2D eigenvalue weighted by Gasteiger charge is -2.55. The van der Waals surface area contributed by atoms with Crippen LogP contribution >= 0.6 is 0 Å². The van der Waals surface area contributed by atoms with Crippen molar-refractivity contribution in [3.63, 3.8) is 0 Å². The minimum Gasteiger partial charge on any atom is -0.490 e. The van der Waals surface area contributed by atoms with E-state index in [2.05, 4.69) is 42.5 Å². The van der Waals surface area contributed by atoms with Crippen LogP contribution in [-0.4, -0.2) is 38.4 Å². The van der Waals surface area contributed by atoms with Gasteiger partial charge in [-0.1, -0.05) is 26.0 Å². The van der Waals surface area contributed by atoms with E-state index in [1.54, 1.807) is 0 Å². The Kier molecular flexibility index (Phi) is 5.00. The molecule has 6 heteroatoms. The Morgan fingerprint density at radius 1 is 1.39 bits per heavy atom. The van der Waals surface area contributed by atoms with Crippen LogP contribution in [0.3, 0.4) is 0 Å². The molecule has 0 spiro atoms. The van der Waals surface area contributed by atoms with Gasteiger partial charge in [-0.2, -0.15) is 0 Å². The molecule has 0 radical (unpaired) electrons. The van der Waals surface area contributed by atoms with Gasteiger partial charge in [-0.25, -0.2) is 0 Å². The van der Waals surface area contributed by atoms with Crippen LogP contribution in [0.15, 0.2) is 33.7 Å². The van der Waals surface area contributed by atoms with E-state index in [4.69, 9.17) is 13.9 Å². The summed E-state index contributed by atoms with van der Waals surface area (Å²) in [6.45, 7) is 10.1. The summed E-state index contributed by atoms with van der Waals surface area (Å²) in [6, 6.07) is 8.38. The summed E-state index contributed by atoms with van der Waals surface area (Å²) in [7, 11) is 1.81. The second kappa shape index (κ2) is 7.32. The Bertz CT molecular complexity index is 873. The van der Waals surface area contributed by atoms with E-state index in [-0.39, 0.29) is 11.5 Å². The summed E-state index contributed by atoms with van der Waals surface area (Å²) < 4.78 is 17.7. The van der Waals surface area contributed by atoms with E-state index in [0.717, 1.165) is 41.5 Å². The van der Waals surface area contributed by atoms with Crippen molar-refractivity contribution < 1.29 is 13.9 Å². The fourth-order valence-electron chi connectivity index (χ4n) is 4.75. The number of rotatable bonds is 5. The highest BCUT2D eigenvalue weighted by atomic mass is 16.5. The molecule has 1 saturated heterocycles. The van der Waals surface area contributed by atoms with E-state index in [1.165, 1.54) is 0 Å². The molecular formula is C22H31N3O3. The van der Waals surface area contributed by atoms with Gasteiger partial charge in [0.2, 0.25) is 0 Å². The van der Waals surface area contributed by atoms with Crippen molar-refractivity contribution in [3.8, 4) is 5.75 Å². The van der Waals surface area contributed by atoms with Gasteiger partial charge >= 0.3 is 0 Å². The third-order valence-electron chi connectivity index (χ3n) is 6.22. The van der Waals surface area contributed by atoms with Crippen LogP contribution < -0.4 is 15.4 Å². The minimum atomic E-state index is -0.0214. The summed E-state index contributed by atoms with van der Waals surface area (Å²) in [5.41, 5.74) is 0.898. The molecule has 1 saturated carbocycles. The number of fused-ring (bicyclic) bond motifs is 2. The van der Waals surface area contributed by atoms with Gasteiger partial charge in [0.1, 0.15) is 5.76 Å². The summed E-state index contributed by atoms with van der Waals surface area (Å²) in [6.07, 6.45) is 1.47. The number of benzene rings is 1. The highest BCUT2D eigenvalue weighted by Gasteiger charge is 2.59. The number of furan rings is 1. The Balaban J connectivity index is 1.47. The molecule has 0 bridgehead atoms. The first-order valence-electron chi connectivity index (χ1n) is 10.2. The third-order valence-corrected chi connectivity index (χ3v) is 6.22. The Hall–Kier alpha value is -2.21. The number of aliphatic imine (C=N–C) groups is 1. The molecule has 2 aliphatic rings. The van der Waals surface area contributed by atoms with Gasteiger partial charge in [0.15, 0.2) is 17.3 Å². The molecule has 1 aromatic heterocycles. The highest BCUT2D eigenvalue weighted by molar-refractivity contribution is 5.84. The predicted molar refractivity (Wildman–Crippen MR) is 111 cm³/mol. The van der Waals surface area contributed by atoms with E-state index in [1.807, 2.05) is 32.2 Å². The van der Waals surface area contributed by atoms with Crippen LogP contribution in [-0.2, 0) is 4.74 Å². The van der Waals surface area contributed by atoms with Gasteiger partial charge in [-0.05, 0) is 32.4 Å². The summed E-state index contributed by atoms with van der Waals surface area (Å²) in [5.74, 6) is 3.00. The Morgan fingerprint density at radius 3 is 2.96 bits per heavy atom. The molecule has 4 unspecified atom stereocenters. The number of para-hydroxylation sites is 1. The van der Waals surface area contributed by atoms with Crippen molar-refractivity contribution in [3.05, 3.63) is 30.0 Å². The fraction of sp³-hybridized carbons (Fsp3) is 0.591. The molecule has 1 aliphatic carbocycles. The largest absolute Gasteiger partial charge is 0.490 e. The number of nitrogens with one attached hydrogen (secondary N) is 2. The zero-order chi connectivity index (χ0) is 19.9. The molecule has 152 valence electrons. The molecule has 2 fully saturated rings. The smallest absolute Gasteiger partial charge is 0.191 e. The summed E-state index contributed by atoms with van der Waals surface area (Å²) in [4.78, 5) is 4.44. The average molecular weight is 386 g/mol. The standard InChI is InChI=1S/C22H31N3O3/c1-6-26-16-9-7-8-14-12-17(28-18(14)16)13(2)24-21(23-5)25-19-15-10-11-27-20(15)22(19,3)4/h7-9,12-13,15,19-20H,6,10-11H2,1-5H3,(H2,23,24,25). The van der Waals surface area contributed by atoms with Crippen molar-refractivity contribution in [2.45, 2.75) is 52.3 Å². The zero-order valence-electron chi connectivity index (χ0n) is 17.4. The average Bonchev–Trinajstić information content (AvgIpc) is 3.31. The highest BCUT2D eigenvalue weighted by Crippen LogP contribution is 2.52. The first kappa shape index (κ1) is 19.1. The number of hydrogen-bond donors (Lipinski definition) is 2. The van der Waals surface area contributed by atoms with Crippen molar-refractivity contribution in [2.24, 2.45) is 16.3 Å². The van der Waals surface area contributed by atoms with E-state index >= 15 is 0 Å². The van der Waals surface area contributed by atoms with Crippen LogP contribution in [0.2, 0.25) is 0 Å². The molecule has 2 N–H and O–H groups in total. The van der Waals surface area contributed by atoms with E-state index in [9.17, 15) is 0 Å². The molecule has 2 aromatic rings. The number of ether oxygens (including phenoxy) is 2. The minimum absolute atomic E-state index is 0.0214. The zero-order valence-corrected chi connectivity index (χ0v) is 17.4. The van der Waals surface area contributed by atoms with Gasteiger partial charge in [0, 0.05) is 36.4 Å². The van der Waals surface area contributed by atoms with Crippen molar-refractivity contribution in [1.82, 2.24) is 10.6 Å². The second-order valence-corrected chi connectivity index (χ2v) is 8.38. The maximum Gasteiger partial charge on any atom is 0.191 e. The Morgan fingerprint density at radius 2 is 2.21 bits per heavy atom. The van der Waals surface area contributed by atoms with Crippen LogP contribution in [0.25, 0.3) is 11.0 Å². The lowest BCUT2D eigenvalue weighted by molar-refractivity contribution is -0.106. The lowest BCUT2D eigenvalue weighted by Crippen LogP contribution is -2.68. The van der Waals surface area contributed by atoms with E-state index in [0.29, 0.717) is 24.7 Å². The normalized spacial score (nSPS) is 27.2. The first-order chi connectivity index (χ1) is 13.5. The van der Waals surface area contributed by atoms with Crippen molar-refractivity contribution >= 4 is 16.9 Å². The molecule has 2 heterocycles. The van der Waals surface area contributed by atoms with Gasteiger partial charge in [-0.15, -0.1) is 0 Å². The summed E-state index contributed by atoms with van der Waals surface area (Å²) >= 11 is 0. The van der Waals surface area contributed by atoms with Crippen molar-refractivity contribution in [1.29, 1.82) is 0 Å². The number of nitrogens with zero attached hydrogens (tertiary/aromatic N) is 1. The van der Waals surface area contributed by atoms with Crippen LogP contribution in [0.5, 0.6) is 5.75 Å². The molecule has 4 atom stereocenters. The van der Waals surface area contributed by atoms with Gasteiger partial charge in [0.05, 0.1) is 18.8 Å². The van der Waals surface area contributed by atoms with Gasteiger partial charge in [-0.3, -0.25) is 4.99 Å². The number of hydrogen-bond acceptors (Lipinski definition) is 4. The number of guanidine groups is 1. The third kappa shape index (κ3) is 3.13. The van der Waals surface area contributed by atoms with Crippen molar-refractivity contribution in [2.75, 3.05) is 20.3 Å².